The highest BCUT2D eigenvalue weighted by Gasteiger charge is 2.45. The summed E-state index contributed by atoms with van der Waals surface area (Å²) in [6.45, 7) is 8.14. The van der Waals surface area contributed by atoms with E-state index in [-0.39, 0.29) is 6.04 Å². The zero-order valence-corrected chi connectivity index (χ0v) is 19.7. The summed E-state index contributed by atoms with van der Waals surface area (Å²) < 4.78 is 10.6. The van der Waals surface area contributed by atoms with Crippen molar-refractivity contribution in [3.63, 3.8) is 0 Å². The Bertz CT molecular complexity index is 942. The molecule has 3 saturated heterocycles. The Morgan fingerprint density at radius 3 is 2.61 bits per heavy atom. The van der Waals surface area contributed by atoms with Crippen molar-refractivity contribution in [1.82, 2.24) is 19.8 Å². The first-order valence-electron chi connectivity index (χ1n) is 11.7. The number of benzene rings is 1. The molecule has 1 amide bonds. The lowest BCUT2D eigenvalue weighted by molar-refractivity contribution is -0.0289. The Morgan fingerprint density at radius 1 is 1.21 bits per heavy atom. The molecule has 8 nitrogen and oxygen atoms in total. The molecule has 0 saturated carbocycles. The molecule has 3 aliphatic rings. The highest BCUT2D eigenvalue weighted by molar-refractivity contribution is 5.68. The van der Waals surface area contributed by atoms with Crippen molar-refractivity contribution in [2.45, 2.75) is 44.7 Å². The molecule has 2 bridgehead atoms. The minimum atomic E-state index is -0.862. The summed E-state index contributed by atoms with van der Waals surface area (Å²) in [5.41, 5.74) is 1.89. The second-order valence-corrected chi connectivity index (χ2v) is 9.43. The Hall–Kier alpha value is -2.71. The van der Waals surface area contributed by atoms with Crippen LogP contribution in [0.5, 0.6) is 5.88 Å². The van der Waals surface area contributed by atoms with Crippen molar-refractivity contribution in [3.05, 3.63) is 42.2 Å². The van der Waals surface area contributed by atoms with Crippen molar-refractivity contribution >= 4 is 6.09 Å². The van der Waals surface area contributed by atoms with Gasteiger partial charge in [0, 0.05) is 32.2 Å². The van der Waals surface area contributed by atoms with E-state index in [0.717, 1.165) is 55.7 Å². The summed E-state index contributed by atoms with van der Waals surface area (Å²) in [5, 5.41) is 10.2. The molecule has 0 aliphatic carbocycles. The molecule has 1 aromatic heterocycles. The highest BCUT2D eigenvalue weighted by atomic mass is 16.5. The Labute approximate surface area is 195 Å². The van der Waals surface area contributed by atoms with E-state index in [4.69, 9.17) is 9.47 Å². The fourth-order valence-electron chi connectivity index (χ4n) is 5.14. The molecule has 3 fully saturated rings. The molecule has 178 valence electrons. The van der Waals surface area contributed by atoms with Crippen LogP contribution in [0.2, 0.25) is 0 Å². The molecule has 2 aromatic rings. The van der Waals surface area contributed by atoms with E-state index >= 15 is 0 Å². The number of amides is 1. The van der Waals surface area contributed by atoms with Crippen molar-refractivity contribution in [2.24, 2.45) is 5.92 Å². The van der Waals surface area contributed by atoms with E-state index in [1.54, 1.807) is 24.4 Å². The topological polar surface area (TPSA) is 88.0 Å². The van der Waals surface area contributed by atoms with Crippen LogP contribution in [0.3, 0.4) is 0 Å². The van der Waals surface area contributed by atoms with Crippen molar-refractivity contribution < 1.29 is 19.4 Å². The summed E-state index contributed by atoms with van der Waals surface area (Å²) in [7, 11) is 1.66. The van der Waals surface area contributed by atoms with Gasteiger partial charge in [0.2, 0.25) is 5.88 Å². The molecule has 0 spiro atoms. The Kier molecular flexibility index (Phi) is 7.14. The summed E-state index contributed by atoms with van der Waals surface area (Å²) in [6.07, 6.45) is 5.38. The zero-order valence-electron chi connectivity index (χ0n) is 19.7. The Balaban J connectivity index is 1.53. The maximum atomic E-state index is 12.5. The monoisotopic (exact) mass is 454 g/mol. The van der Waals surface area contributed by atoms with Crippen LogP contribution in [0.1, 0.15) is 38.7 Å². The number of nitrogens with zero attached hydrogens (tertiary/aromatic N) is 4. The third-order valence-corrected chi connectivity index (χ3v) is 7.00. The Morgan fingerprint density at radius 2 is 2.00 bits per heavy atom. The van der Waals surface area contributed by atoms with E-state index < -0.39 is 11.6 Å². The molecule has 1 aromatic carbocycles. The number of rotatable bonds is 9. The summed E-state index contributed by atoms with van der Waals surface area (Å²) in [6, 6.07) is 7.97. The first kappa shape index (κ1) is 23.4. The number of fused-ring (bicyclic) bond motifs is 3. The minimum absolute atomic E-state index is 0.0120. The molecule has 1 N–H and O–H groups in total. The van der Waals surface area contributed by atoms with Gasteiger partial charge in [-0.25, -0.2) is 14.8 Å². The van der Waals surface area contributed by atoms with Gasteiger partial charge in [0.15, 0.2) is 0 Å². The van der Waals surface area contributed by atoms with E-state index in [9.17, 15) is 9.90 Å². The number of piperidine rings is 3. The standard InChI is InChI=1S/C25H34N4O4/c1-25(2,29(24(30)31)22-17-28-10-8-18(22)9-11-28)20-7-4-6-19(14-20)21-15-27-23(16-26-21)33-13-5-12-32-3/h4,6-7,14-16,18,22H,5,8-13,17H2,1-3H3,(H,30,31). The van der Waals surface area contributed by atoms with Crippen LogP contribution < -0.4 is 4.74 Å². The first-order valence-corrected chi connectivity index (χ1v) is 11.7. The SMILES string of the molecule is COCCCOc1cnc(-c2cccc(C(C)(C)N(C(=O)O)C3CN4CCC3CC4)c2)cn1. The van der Waals surface area contributed by atoms with Gasteiger partial charge in [0.05, 0.1) is 36.3 Å². The number of hydrogen-bond donors (Lipinski definition) is 1. The maximum Gasteiger partial charge on any atom is 0.408 e. The van der Waals surface area contributed by atoms with Crippen LogP contribution in [0.25, 0.3) is 11.3 Å². The van der Waals surface area contributed by atoms with E-state index in [1.807, 2.05) is 38.1 Å². The number of carboxylic acid groups (broad SMARTS) is 1. The molecule has 33 heavy (non-hydrogen) atoms. The first-order chi connectivity index (χ1) is 15.9. The quantitative estimate of drug-likeness (QED) is 0.576. The summed E-state index contributed by atoms with van der Waals surface area (Å²) >= 11 is 0. The van der Waals surface area contributed by atoms with Gasteiger partial charge in [-0.3, -0.25) is 4.90 Å². The molecular weight excluding hydrogens is 420 g/mol. The van der Waals surface area contributed by atoms with Crippen LogP contribution in [0.4, 0.5) is 4.79 Å². The van der Waals surface area contributed by atoms with Gasteiger partial charge < -0.3 is 19.5 Å². The lowest BCUT2D eigenvalue weighted by atomic mass is 9.80. The average Bonchev–Trinajstić information content (AvgIpc) is 2.83. The predicted octanol–water partition coefficient (Wildman–Crippen LogP) is 3.87. The van der Waals surface area contributed by atoms with Crippen LogP contribution in [0.15, 0.2) is 36.7 Å². The summed E-state index contributed by atoms with van der Waals surface area (Å²) in [5.74, 6) is 0.904. The number of ether oxygens (including phenoxy) is 2. The molecule has 8 heteroatoms. The van der Waals surface area contributed by atoms with Gasteiger partial charge in [-0.2, -0.15) is 0 Å². The number of hydrogen-bond acceptors (Lipinski definition) is 6. The van der Waals surface area contributed by atoms with Crippen LogP contribution in [-0.4, -0.2) is 77.0 Å². The minimum Gasteiger partial charge on any atom is -0.476 e. The second-order valence-electron chi connectivity index (χ2n) is 9.43. The van der Waals surface area contributed by atoms with Crippen LogP contribution >= 0.6 is 0 Å². The van der Waals surface area contributed by atoms with Crippen LogP contribution in [-0.2, 0) is 10.3 Å². The fraction of sp³-hybridized carbons (Fsp3) is 0.560. The number of aromatic nitrogens is 2. The lowest BCUT2D eigenvalue weighted by Gasteiger charge is -2.52. The normalized spacial score (nSPS) is 22.2. The molecular formula is C25H34N4O4. The maximum absolute atomic E-state index is 12.5. The highest BCUT2D eigenvalue weighted by Crippen LogP contribution is 2.39. The summed E-state index contributed by atoms with van der Waals surface area (Å²) in [4.78, 5) is 25.4. The molecule has 3 aliphatic heterocycles. The third-order valence-electron chi connectivity index (χ3n) is 7.00. The number of methoxy groups -OCH3 is 1. The predicted molar refractivity (Wildman–Crippen MR) is 125 cm³/mol. The van der Waals surface area contributed by atoms with Gasteiger partial charge in [-0.1, -0.05) is 18.2 Å². The van der Waals surface area contributed by atoms with Crippen molar-refractivity contribution in [3.8, 4) is 17.1 Å². The smallest absolute Gasteiger partial charge is 0.408 e. The van der Waals surface area contributed by atoms with Gasteiger partial charge in [0.25, 0.3) is 0 Å². The van der Waals surface area contributed by atoms with E-state index in [2.05, 4.69) is 14.9 Å². The van der Waals surface area contributed by atoms with Gasteiger partial charge in [-0.05, 0) is 57.3 Å². The van der Waals surface area contributed by atoms with Crippen molar-refractivity contribution in [2.75, 3.05) is 40.0 Å². The van der Waals surface area contributed by atoms with E-state index in [0.29, 0.717) is 25.0 Å². The molecule has 0 radical (unpaired) electrons. The van der Waals surface area contributed by atoms with Gasteiger partial charge in [-0.15, -0.1) is 0 Å². The van der Waals surface area contributed by atoms with Crippen molar-refractivity contribution in [1.29, 1.82) is 0 Å². The van der Waals surface area contributed by atoms with Crippen LogP contribution in [0, 0.1) is 5.92 Å². The molecule has 1 atom stereocenters. The second kappa shape index (κ2) is 10.1. The molecule has 4 heterocycles. The zero-order chi connectivity index (χ0) is 23.4. The van der Waals surface area contributed by atoms with E-state index in [1.165, 1.54) is 0 Å². The molecule has 1 unspecified atom stereocenters. The fourth-order valence-corrected chi connectivity index (χ4v) is 5.14. The lowest BCUT2D eigenvalue weighted by Crippen LogP contribution is -2.62. The third kappa shape index (κ3) is 5.12. The largest absolute Gasteiger partial charge is 0.476 e. The number of carbonyl (C=O) groups is 1. The molecule has 5 rings (SSSR count). The average molecular weight is 455 g/mol. The van der Waals surface area contributed by atoms with Gasteiger partial charge in [0.1, 0.15) is 0 Å². The van der Waals surface area contributed by atoms with Gasteiger partial charge >= 0.3 is 6.09 Å².